The molecule has 0 bridgehead atoms. The van der Waals surface area contributed by atoms with Crippen molar-refractivity contribution in [1.29, 1.82) is 0 Å². The number of rotatable bonds is 14. The maximum Gasteiger partial charge on any atom is 0.303 e. The van der Waals surface area contributed by atoms with E-state index in [1.807, 2.05) is 6.08 Å². The van der Waals surface area contributed by atoms with Gasteiger partial charge < -0.3 is 5.11 Å². The van der Waals surface area contributed by atoms with Crippen LogP contribution in [0.15, 0.2) is 12.2 Å². The number of carbonyl (C=O) groups excluding carboxylic acids is 1. The second kappa shape index (κ2) is 14.3. The first-order chi connectivity index (χ1) is 9.66. The van der Waals surface area contributed by atoms with Crippen LogP contribution in [0, 0.1) is 0 Å². The summed E-state index contributed by atoms with van der Waals surface area (Å²) in [6.07, 6.45) is 15.5. The Labute approximate surface area is 123 Å². The number of allylic oxidation sites excluding steroid dienone is 2. The van der Waals surface area contributed by atoms with Crippen molar-refractivity contribution < 1.29 is 14.7 Å². The first kappa shape index (κ1) is 18.9. The number of ketones is 1. The molecule has 3 nitrogen and oxygen atoms in total. The quantitative estimate of drug-likeness (QED) is 0.364. The number of carbonyl (C=O) groups is 2. The topological polar surface area (TPSA) is 54.4 Å². The Morgan fingerprint density at radius 1 is 0.850 bits per heavy atom. The van der Waals surface area contributed by atoms with Crippen LogP contribution in [-0.2, 0) is 9.59 Å². The van der Waals surface area contributed by atoms with E-state index < -0.39 is 5.97 Å². The molecule has 0 unspecified atom stereocenters. The molecule has 0 amide bonds. The zero-order valence-corrected chi connectivity index (χ0v) is 12.9. The highest BCUT2D eigenvalue weighted by Crippen LogP contribution is 2.10. The van der Waals surface area contributed by atoms with Gasteiger partial charge in [-0.3, -0.25) is 9.59 Å². The Balaban J connectivity index is 3.22. The molecule has 0 fully saturated rings. The number of unbranched alkanes of at least 4 members (excludes halogenated alkanes) is 8. The molecular weight excluding hydrogens is 252 g/mol. The lowest BCUT2D eigenvalue weighted by atomic mass is 10.1. The first-order valence-electron chi connectivity index (χ1n) is 8.08. The molecule has 0 rings (SSSR count). The van der Waals surface area contributed by atoms with Crippen LogP contribution in [0.3, 0.4) is 0 Å². The van der Waals surface area contributed by atoms with E-state index in [-0.39, 0.29) is 5.78 Å². The molecule has 0 radical (unpaired) electrons. The average molecular weight is 282 g/mol. The molecule has 1 N–H and O–H groups in total. The normalized spacial score (nSPS) is 11.1. The smallest absolute Gasteiger partial charge is 0.303 e. The number of hydrogen-bond acceptors (Lipinski definition) is 2. The number of carboxylic acids is 1. The minimum atomic E-state index is -0.690. The SMILES string of the molecule is CCCCC(=O)C=CCCCCCCCCCC(=O)O. The maximum absolute atomic E-state index is 11.4. The Morgan fingerprint density at radius 3 is 2.05 bits per heavy atom. The number of carboxylic acid groups (broad SMARTS) is 1. The molecule has 0 aromatic heterocycles. The van der Waals surface area contributed by atoms with E-state index in [0.717, 1.165) is 44.9 Å². The monoisotopic (exact) mass is 282 g/mol. The number of aliphatic carboxylic acids is 1. The van der Waals surface area contributed by atoms with E-state index in [0.29, 0.717) is 12.8 Å². The predicted molar refractivity (Wildman–Crippen MR) is 82.9 cm³/mol. The van der Waals surface area contributed by atoms with Crippen LogP contribution in [0.2, 0.25) is 0 Å². The van der Waals surface area contributed by atoms with Gasteiger partial charge in [0.25, 0.3) is 0 Å². The summed E-state index contributed by atoms with van der Waals surface area (Å²) in [6, 6.07) is 0. The molecule has 0 spiro atoms. The molecule has 0 saturated carbocycles. The minimum absolute atomic E-state index is 0.255. The lowest BCUT2D eigenvalue weighted by molar-refractivity contribution is -0.137. The molecule has 0 aromatic rings. The van der Waals surface area contributed by atoms with Gasteiger partial charge in [-0.15, -0.1) is 0 Å². The van der Waals surface area contributed by atoms with Crippen LogP contribution < -0.4 is 0 Å². The zero-order chi connectivity index (χ0) is 15.1. The maximum atomic E-state index is 11.4. The van der Waals surface area contributed by atoms with Crippen molar-refractivity contribution in [3.63, 3.8) is 0 Å². The van der Waals surface area contributed by atoms with E-state index >= 15 is 0 Å². The molecule has 0 saturated heterocycles. The van der Waals surface area contributed by atoms with Gasteiger partial charge in [-0.05, 0) is 31.8 Å². The third-order valence-electron chi connectivity index (χ3n) is 3.34. The Bertz CT molecular complexity index is 282. The van der Waals surface area contributed by atoms with Gasteiger partial charge in [-0.2, -0.15) is 0 Å². The van der Waals surface area contributed by atoms with Crippen LogP contribution in [0.5, 0.6) is 0 Å². The summed E-state index contributed by atoms with van der Waals surface area (Å²) < 4.78 is 0. The summed E-state index contributed by atoms with van der Waals surface area (Å²) >= 11 is 0. The van der Waals surface area contributed by atoms with Gasteiger partial charge in [0.1, 0.15) is 0 Å². The molecule has 0 heterocycles. The lowest BCUT2D eigenvalue weighted by Crippen LogP contribution is -1.93. The van der Waals surface area contributed by atoms with Crippen molar-refractivity contribution >= 4 is 11.8 Å². The summed E-state index contributed by atoms with van der Waals surface area (Å²) in [4.78, 5) is 21.7. The van der Waals surface area contributed by atoms with E-state index in [2.05, 4.69) is 6.92 Å². The molecule has 0 aromatic carbocycles. The fraction of sp³-hybridized carbons (Fsp3) is 0.765. The van der Waals surface area contributed by atoms with Gasteiger partial charge in [0, 0.05) is 12.8 Å². The molecule has 20 heavy (non-hydrogen) atoms. The number of hydrogen-bond donors (Lipinski definition) is 1. The molecule has 0 atom stereocenters. The van der Waals surface area contributed by atoms with Gasteiger partial charge in [-0.25, -0.2) is 0 Å². The summed E-state index contributed by atoms with van der Waals surface area (Å²) in [6.45, 7) is 2.10. The van der Waals surface area contributed by atoms with Gasteiger partial charge in [-0.1, -0.05) is 51.5 Å². The van der Waals surface area contributed by atoms with Crippen LogP contribution in [-0.4, -0.2) is 16.9 Å². The Hall–Kier alpha value is -1.12. The molecule has 116 valence electrons. The van der Waals surface area contributed by atoms with Crippen LogP contribution in [0.25, 0.3) is 0 Å². The summed E-state index contributed by atoms with van der Waals surface area (Å²) in [5, 5.41) is 8.49. The fourth-order valence-electron chi connectivity index (χ4n) is 2.07. The molecule has 0 aliphatic rings. The van der Waals surface area contributed by atoms with Crippen molar-refractivity contribution in [2.45, 2.75) is 84.0 Å². The minimum Gasteiger partial charge on any atom is -0.481 e. The largest absolute Gasteiger partial charge is 0.481 e. The van der Waals surface area contributed by atoms with Crippen LogP contribution in [0.1, 0.15) is 84.0 Å². The van der Waals surface area contributed by atoms with Gasteiger partial charge in [0.15, 0.2) is 5.78 Å². The van der Waals surface area contributed by atoms with Crippen molar-refractivity contribution in [3.8, 4) is 0 Å². The van der Waals surface area contributed by atoms with E-state index in [4.69, 9.17) is 5.11 Å². The Kier molecular flexibility index (Phi) is 13.5. The zero-order valence-electron chi connectivity index (χ0n) is 12.9. The second-order valence-electron chi connectivity index (χ2n) is 5.38. The van der Waals surface area contributed by atoms with Crippen LogP contribution >= 0.6 is 0 Å². The highest BCUT2D eigenvalue weighted by Gasteiger charge is 1.97. The van der Waals surface area contributed by atoms with Crippen molar-refractivity contribution in [2.24, 2.45) is 0 Å². The second-order valence-corrected chi connectivity index (χ2v) is 5.38. The Morgan fingerprint density at radius 2 is 1.45 bits per heavy atom. The fourth-order valence-corrected chi connectivity index (χ4v) is 2.07. The summed E-state index contributed by atoms with van der Waals surface area (Å²) in [5.41, 5.74) is 0. The molecule has 3 heteroatoms. The van der Waals surface area contributed by atoms with Crippen LogP contribution in [0.4, 0.5) is 0 Å². The summed E-state index contributed by atoms with van der Waals surface area (Å²) in [5.74, 6) is -0.435. The highest BCUT2D eigenvalue weighted by atomic mass is 16.4. The predicted octanol–water partition coefficient (Wildman–Crippen LogP) is 4.90. The van der Waals surface area contributed by atoms with Gasteiger partial charge >= 0.3 is 5.97 Å². The third-order valence-corrected chi connectivity index (χ3v) is 3.34. The first-order valence-corrected chi connectivity index (χ1v) is 8.08. The van der Waals surface area contributed by atoms with E-state index in [9.17, 15) is 9.59 Å². The average Bonchev–Trinajstić information content (AvgIpc) is 2.42. The van der Waals surface area contributed by atoms with Gasteiger partial charge in [0.05, 0.1) is 0 Å². The molecule has 0 aliphatic heterocycles. The highest BCUT2D eigenvalue weighted by molar-refractivity contribution is 5.89. The van der Waals surface area contributed by atoms with Crippen molar-refractivity contribution in [1.82, 2.24) is 0 Å². The van der Waals surface area contributed by atoms with Crippen molar-refractivity contribution in [3.05, 3.63) is 12.2 Å². The molecule has 0 aliphatic carbocycles. The van der Waals surface area contributed by atoms with E-state index in [1.165, 1.54) is 19.3 Å². The van der Waals surface area contributed by atoms with Gasteiger partial charge in [0.2, 0.25) is 0 Å². The van der Waals surface area contributed by atoms with E-state index in [1.54, 1.807) is 6.08 Å². The third kappa shape index (κ3) is 14.9. The lowest BCUT2D eigenvalue weighted by Gasteiger charge is -2.00. The molecular formula is C17H30O3. The summed E-state index contributed by atoms with van der Waals surface area (Å²) in [7, 11) is 0. The van der Waals surface area contributed by atoms with Crippen molar-refractivity contribution in [2.75, 3.05) is 0 Å². The standard InChI is InChI=1S/C17H30O3/c1-2-3-13-16(18)14-11-9-7-5-4-6-8-10-12-15-17(19)20/h11,14H,2-10,12-13,15H2,1H3,(H,19,20).